The van der Waals surface area contributed by atoms with Gasteiger partial charge >= 0.3 is 5.97 Å². The molecule has 0 aliphatic rings. The Balaban J connectivity index is 2.29. The largest absolute Gasteiger partial charge is 0.465 e. The summed E-state index contributed by atoms with van der Waals surface area (Å²) in [5, 5.41) is 5.29. The third-order valence-electron chi connectivity index (χ3n) is 3.35. The van der Waals surface area contributed by atoms with Crippen LogP contribution in [-0.4, -0.2) is 39.6 Å². The number of rotatable bonds is 7. The lowest BCUT2D eigenvalue weighted by Crippen LogP contribution is -2.34. The third kappa shape index (κ3) is 3.77. The van der Waals surface area contributed by atoms with E-state index in [9.17, 15) is 14.4 Å². The van der Waals surface area contributed by atoms with Gasteiger partial charge in [0.1, 0.15) is 18.4 Å². The van der Waals surface area contributed by atoms with Crippen LogP contribution < -0.4 is 10.7 Å². The minimum atomic E-state index is -0.644. The second-order valence-electron chi connectivity index (χ2n) is 5.01. The van der Waals surface area contributed by atoms with Gasteiger partial charge in [-0.15, -0.1) is 0 Å². The summed E-state index contributed by atoms with van der Waals surface area (Å²) in [7, 11) is 0. The summed E-state index contributed by atoms with van der Waals surface area (Å²) in [4.78, 5) is 39.9. The molecule has 0 unspecified atom stereocenters. The number of hydrogen-bond donors (Lipinski definition) is 2. The van der Waals surface area contributed by atoms with Crippen LogP contribution in [0.3, 0.4) is 0 Å². The predicted octanol–water partition coefficient (Wildman–Crippen LogP) is 0.658. The van der Waals surface area contributed by atoms with Crippen LogP contribution in [0.5, 0.6) is 0 Å². The molecule has 2 N–H and O–H groups in total. The molecular weight excluding hydrogens is 300 g/mol. The number of carbonyl (C=O) groups excluding carboxylic acids is 2. The zero-order valence-corrected chi connectivity index (χ0v) is 13.2. The first-order valence-electron chi connectivity index (χ1n) is 7.60. The number of fused-ring (bicyclic) bond motifs is 1. The molecule has 23 heavy (non-hydrogen) atoms. The van der Waals surface area contributed by atoms with Crippen LogP contribution in [0.25, 0.3) is 5.65 Å². The summed E-state index contributed by atoms with van der Waals surface area (Å²) in [6.07, 6.45) is 4.05. The standard InChI is InChI=1S/C15H20N4O4/c1-3-5-6-10-7-11(20)13(14-17-9-18-19(10)14)15(22)16-8-12(21)23-4-2/h7,9H,3-6,8H2,1-2H3,(H,16,22)(H,17,18). The van der Waals surface area contributed by atoms with E-state index in [1.165, 1.54) is 12.4 Å². The highest BCUT2D eigenvalue weighted by molar-refractivity contribution is 6.00. The smallest absolute Gasteiger partial charge is 0.325 e. The van der Waals surface area contributed by atoms with Crippen LogP contribution in [0.1, 0.15) is 42.7 Å². The SMILES string of the molecule is CCCCc1cc(=O)c(C(=O)NCC(=O)OCC)c2nc[nH]n12. The number of nitrogens with zero attached hydrogens (tertiary/aromatic N) is 2. The van der Waals surface area contributed by atoms with E-state index in [-0.39, 0.29) is 24.4 Å². The fourth-order valence-corrected chi connectivity index (χ4v) is 2.27. The Bertz CT molecular complexity index is 762. The second kappa shape index (κ2) is 7.57. The zero-order valence-electron chi connectivity index (χ0n) is 13.2. The first kappa shape index (κ1) is 16.7. The molecule has 0 aliphatic heterocycles. The molecular formula is C15H20N4O4. The van der Waals surface area contributed by atoms with E-state index in [0.717, 1.165) is 18.5 Å². The lowest BCUT2D eigenvalue weighted by molar-refractivity contribution is -0.141. The molecule has 0 bridgehead atoms. The molecule has 2 aromatic heterocycles. The highest BCUT2D eigenvalue weighted by atomic mass is 16.5. The molecule has 0 saturated carbocycles. The molecule has 0 spiro atoms. The number of aryl methyl sites for hydroxylation is 1. The monoisotopic (exact) mass is 320 g/mol. The summed E-state index contributed by atoms with van der Waals surface area (Å²) in [5.41, 5.74) is 0.525. The molecule has 1 amide bonds. The van der Waals surface area contributed by atoms with Crippen molar-refractivity contribution in [3.63, 3.8) is 0 Å². The normalized spacial score (nSPS) is 10.7. The van der Waals surface area contributed by atoms with Gasteiger partial charge in [-0.05, 0) is 19.8 Å². The number of unbranched alkanes of at least 4 members (excludes halogenated alkanes) is 1. The van der Waals surface area contributed by atoms with E-state index in [1.54, 1.807) is 11.4 Å². The Morgan fingerprint density at radius 1 is 1.39 bits per heavy atom. The van der Waals surface area contributed by atoms with Gasteiger partial charge in [0.05, 0.1) is 6.61 Å². The summed E-state index contributed by atoms with van der Waals surface area (Å²) < 4.78 is 6.36. The quantitative estimate of drug-likeness (QED) is 0.729. The lowest BCUT2D eigenvalue weighted by atomic mass is 10.1. The number of aromatic amines is 1. The minimum absolute atomic E-state index is 0.0872. The Kier molecular flexibility index (Phi) is 5.51. The maximum Gasteiger partial charge on any atom is 0.325 e. The fourth-order valence-electron chi connectivity index (χ4n) is 2.27. The third-order valence-corrected chi connectivity index (χ3v) is 3.35. The summed E-state index contributed by atoms with van der Waals surface area (Å²) >= 11 is 0. The molecule has 2 heterocycles. The predicted molar refractivity (Wildman–Crippen MR) is 83.4 cm³/mol. The zero-order chi connectivity index (χ0) is 16.8. The summed E-state index contributed by atoms with van der Waals surface area (Å²) in [6, 6.07) is 1.43. The number of ether oxygens (including phenoxy) is 1. The Morgan fingerprint density at radius 2 is 2.17 bits per heavy atom. The Hall–Kier alpha value is -2.64. The number of carbonyl (C=O) groups is 2. The molecule has 0 aromatic carbocycles. The van der Waals surface area contributed by atoms with Gasteiger partial charge in [-0.2, -0.15) is 0 Å². The van der Waals surface area contributed by atoms with Crippen LogP contribution in [0.2, 0.25) is 0 Å². The van der Waals surface area contributed by atoms with E-state index in [2.05, 4.69) is 22.3 Å². The number of pyridine rings is 1. The van der Waals surface area contributed by atoms with E-state index >= 15 is 0 Å². The maximum absolute atomic E-state index is 12.3. The topological polar surface area (TPSA) is 106 Å². The number of aromatic nitrogens is 3. The Morgan fingerprint density at radius 3 is 2.87 bits per heavy atom. The number of nitrogens with one attached hydrogen (secondary N) is 2. The van der Waals surface area contributed by atoms with Gasteiger partial charge in [-0.25, -0.2) is 9.50 Å². The summed E-state index contributed by atoms with van der Waals surface area (Å²) in [5.74, 6) is -1.20. The van der Waals surface area contributed by atoms with Crippen LogP contribution in [0.4, 0.5) is 0 Å². The molecule has 0 atom stereocenters. The van der Waals surface area contributed by atoms with E-state index in [4.69, 9.17) is 4.74 Å². The second-order valence-corrected chi connectivity index (χ2v) is 5.01. The average Bonchev–Trinajstić information content (AvgIpc) is 3.00. The van der Waals surface area contributed by atoms with Crippen LogP contribution in [0, 0.1) is 0 Å². The number of amides is 1. The van der Waals surface area contributed by atoms with Crippen molar-refractivity contribution >= 4 is 17.5 Å². The highest BCUT2D eigenvalue weighted by Crippen LogP contribution is 2.09. The molecule has 0 saturated heterocycles. The lowest BCUT2D eigenvalue weighted by Gasteiger charge is -2.08. The number of H-pyrrole nitrogens is 1. The van der Waals surface area contributed by atoms with E-state index in [0.29, 0.717) is 6.42 Å². The van der Waals surface area contributed by atoms with Gasteiger partial charge in [0, 0.05) is 11.8 Å². The molecule has 8 heteroatoms. The van der Waals surface area contributed by atoms with Gasteiger partial charge in [-0.1, -0.05) is 13.3 Å². The fraction of sp³-hybridized carbons (Fsp3) is 0.467. The van der Waals surface area contributed by atoms with Crippen molar-refractivity contribution in [1.29, 1.82) is 0 Å². The van der Waals surface area contributed by atoms with Crippen molar-refractivity contribution in [3.8, 4) is 0 Å². The molecule has 0 fully saturated rings. The molecule has 0 radical (unpaired) electrons. The molecule has 2 aromatic rings. The van der Waals surface area contributed by atoms with Crippen LogP contribution >= 0.6 is 0 Å². The first-order chi connectivity index (χ1) is 11.1. The molecule has 0 aliphatic carbocycles. The van der Waals surface area contributed by atoms with Crippen molar-refractivity contribution in [3.05, 3.63) is 33.9 Å². The van der Waals surface area contributed by atoms with Crippen LogP contribution in [0.15, 0.2) is 17.2 Å². The van der Waals surface area contributed by atoms with Crippen molar-refractivity contribution in [2.24, 2.45) is 0 Å². The van der Waals surface area contributed by atoms with Gasteiger partial charge in [0.25, 0.3) is 5.91 Å². The van der Waals surface area contributed by atoms with Crippen molar-refractivity contribution in [1.82, 2.24) is 19.9 Å². The van der Waals surface area contributed by atoms with Crippen molar-refractivity contribution < 1.29 is 14.3 Å². The van der Waals surface area contributed by atoms with Crippen molar-refractivity contribution in [2.75, 3.05) is 13.2 Å². The van der Waals surface area contributed by atoms with Gasteiger partial charge < -0.3 is 10.1 Å². The van der Waals surface area contributed by atoms with E-state index < -0.39 is 17.3 Å². The maximum atomic E-state index is 12.3. The van der Waals surface area contributed by atoms with Crippen LogP contribution in [-0.2, 0) is 16.0 Å². The van der Waals surface area contributed by atoms with E-state index in [1.807, 2.05) is 0 Å². The minimum Gasteiger partial charge on any atom is -0.465 e. The van der Waals surface area contributed by atoms with Gasteiger partial charge in [0.2, 0.25) is 0 Å². The van der Waals surface area contributed by atoms with Gasteiger partial charge in [-0.3, -0.25) is 19.5 Å². The van der Waals surface area contributed by atoms with Crippen molar-refractivity contribution in [2.45, 2.75) is 33.1 Å². The van der Waals surface area contributed by atoms with Gasteiger partial charge in [0.15, 0.2) is 11.1 Å². The average molecular weight is 320 g/mol. The summed E-state index contributed by atoms with van der Waals surface area (Å²) in [6.45, 7) is 3.67. The first-order valence-corrected chi connectivity index (χ1v) is 7.60. The highest BCUT2D eigenvalue weighted by Gasteiger charge is 2.19. The number of hydrogen-bond acceptors (Lipinski definition) is 5. The molecule has 2 rings (SSSR count). The molecule has 124 valence electrons. The molecule has 8 nitrogen and oxygen atoms in total. The number of esters is 1. The Labute approximate surface area is 132 Å².